The van der Waals surface area contributed by atoms with Crippen LogP contribution in [0.5, 0.6) is 0 Å². The van der Waals surface area contributed by atoms with E-state index in [1.807, 2.05) is 35.9 Å². The lowest BCUT2D eigenvalue weighted by atomic mass is 10.1. The highest BCUT2D eigenvalue weighted by Crippen LogP contribution is 2.32. The van der Waals surface area contributed by atoms with Crippen LogP contribution in [0.2, 0.25) is 0 Å². The predicted octanol–water partition coefficient (Wildman–Crippen LogP) is 2.12. The van der Waals surface area contributed by atoms with Crippen molar-refractivity contribution in [3.63, 3.8) is 0 Å². The fourth-order valence-electron chi connectivity index (χ4n) is 3.43. The number of carbonyl (C=O) groups excluding carboxylic acids is 2. The summed E-state index contributed by atoms with van der Waals surface area (Å²) in [5.41, 5.74) is 1.43. The number of nitro groups is 1. The van der Waals surface area contributed by atoms with E-state index in [9.17, 15) is 28.1 Å². The summed E-state index contributed by atoms with van der Waals surface area (Å²) in [6.07, 6.45) is 2.32. The zero-order valence-corrected chi connectivity index (χ0v) is 18.9. The molecule has 0 bridgehead atoms. The number of benzene rings is 2. The number of para-hydroxylation sites is 1. The van der Waals surface area contributed by atoms with Crippen LogP contribution < -0.4 is 9.62 Å². The lowest BCUT2D eigenvalue weighted by Gasteiger charge is -2.22. The van der Waals surface area contributed by atoms with Gasteiger partial charge in [0.05, 0.1) is 14.7 Å². The number of fused-ring (bicyclic) bond motifs is 1. The van der Waals surface area contributed by atoms with Crippen molar-refractivity contribution in [3.05, 3.63) is 58.1 Å². The van der Waals surface area contributed by atoms with E-state index < -0.39 is 40.0 Å². The van der Waals surface area contributed by atoms with Crippen molar-refractivity contribution in [1.82, 2.24) is 4.72 Å². The van der Waals surface area contributed by atoms with Gasteiger partial charge in [-0.1, -0.05) is 18.2 Å². The van der Waals surface area contributed by atoms with Gasteiger partial charge in [0.1, 0.15) is 6.54 Å². The molecular weight excluding hydrogens is 458 g/mol. The summed E-state index contributed by atoms with van der Waals surface area (Å²) in [5.74, 6) is -1.36. The second-order valence-corrected chi connectivity index (χ2v) is 9.64. The second kappa shape index (κ2) is 9.67. The molecule has 170 valence electrons. The molecule has 0 spiro atoms. The first-order valence-corrected chi connectivity index (χ1v) is 12.2. The monoisotopic (exact) mass is 479 g/mol. The topological polar surface area (TPSA) is 136 Å². The molecule has 0 fully saturated rings. The highest BCUT2D eigenvalue weighted by atomic mass is 32.2. The summed E-state index contributed by atoms with van der Waals surface area (Å²) in [5, 5.41) is 11.2. The van der Waals surface area contributed by atoms with E-state index in [1.165, 1.54) is 12.1 Å². The number of rotatable bonds is 8. The third-order valence-corrected chi connectivity index (χ3v) is 7.08. The quantitative estimate of drug-likeness (QED) is 0.263. The summed E-state index contributed by atoms with van der Waals surface area (Å²) in [6.45, 7) is 0.627. The van der Waals surface area contributed by atoms with E-state index in [0.29, 0.717) is 11.3 Å². The van der Waals surface area contributed by atoms with Gasteiger partial charge in [0.15, 0.2) is 6.61 Å². The zero-order valence-electron chi connectivity index (χ0n) is 17.3. The molecule has 12 heteroatoms. The summed E-state index contributed by atoms with van der Waals surface area (Å²) in [7, 11) is -4.20. The highest BCUT2D eigenvalue weighted by molar-refractivity contribution is 7.98. The van der Waals surface area contributed by atoms with E-state index in [0.717, 1.165) is 29.1 Å². The maximum absolute atomic E-state index is 12.6. The molecule has 1 atom stereocenters. The van der Waals surface area contributed by atoms with Gasteiger partial charge in [0, 0.05) is 17.8 Å². The van der Waals surface area contributed by atoms with Crippen molar-refractivity contribution in [1.29, 1.82) is 0 Å². The Bertz CT molecular complexity index is 1170. The number of thioether (sulfide) groups is 1. The lowest BCUT2D eigenvalue weighted by molar-refractivity contribution is -0.388. The fraction of sp³-hybridized carbons (Fsp3) is 0.300. The Kier molecular flexibility index (Phi) is 7.16. The van der Waals surface area contributed by atoms with Crippen LogP contribution in [0.25, 0.3) is 0 Å². The number of carbonyl (C=O) groups is 2. The van der Waals surface area contributed by atoms with Crippen LogP contribution in [0.1, 0.15) is 12.5 Å². The Labute approximate surface area is 189 Å². The maximum Gasteiger partial charge on any atom is 0.321 e. The van der Waals surface area contributed by atoms with Gasteiger partial charge >= 0.3 is 5.97 Å². The van der Waals surface area contributed by atoms with E-state index >= 15 is 0 Å². The van der Waals surface area contributed by atoms with E-state index in [2.05, 4.69) is 0 Å². The minimum absolute atomic E-state index is 0.0860. The molecule has 1 aliphatic rings. The molecule has 0 saturated carbocycles. The molecule has 32 heavy (non-hydrogen) atoms. The first kappa shape index (κ1) is 23.7. The molecule has 0 radical (unpaired) electrons. The molecule has 1 aliphatic heterocycles. The van der Waals surface area contributed by atoms with Crippen LogP contribution in [-0.2, 0) is 30.8 Å². The Morgan fingerprint density at radius 2 is 2.00 bits per heavy atom. The van der Waals surface area contributed by atoms with Crippen molar-refractivity contribution in [3.8, 4) is 0 Å². The van der Waals surface area contributed by atoms with Crippen molar-refractivity contribution in [2.24, 2.45) is 0 Å². The van der Waals surface area contributed by atoms with Crippen LogP contribution in [0.15, 0.2) is 52.3 Å². The van der Waals surface area contributed by atoms with Crippen molar-refractivity contribution in [2.45, 2.75) is 29.2 Å². The van der Waals surface area contributed by atoms with E-state index in [1.54, 1.807) is 11.2 Å². The standard InChI is InChI=1S/C20H21N3O7S2/c1-13-9-14-5-3-4-6-16(14)22(13)19(24)12-30-20(25)11-21-32(28,29)15-7-8-18(31-2)17(10-15)23(26)27/h3-8,10,13,21H,9,11-12H2,1-2H3. The third kappa shape index (κ3) is 5.09. The largest absolute Gasteiger partial charge is 0.455 e. The number of esters is 1. The molecule has 1 unspecified atom stereocenters. The van der Waals surface area contributed by atoms with Crippen LogP contribution in [0, 0.1) is 10.1 Å². The van der Waals surface area contributed by atoms with Crippen molar-refractivity contribution in [2.75, 3.05) is 24.3 Å². The van der Waals surface area contributed by atoms with Gasteiger partial charge in [-0.15, -0.1) is 11.8 Å². The van der Waals surface area contributed by atoms with Crippen LogP contribution in [0.3, 0.4) is 0 Å². The highest BCUT2D eigenvalue weighted by Gasteiger charge is 2.31. The number of sulfonamides is 1. The minimum Gasteiger partial charge on any atom is -0.455 e. The summed E-state index contributed by atoms with van der Waals surface area (Å²) < 4.78 is 31.8. The number of nitrogens with zero attached hydrogens (tertiary/aromatic N) is 2. The average molecular weight is 480 g/mol. The SMILES string of the molecule is CSc1ccc(S(=O)(=O)NCC(=O)OCC(=O)N2c3ccccc3CC2C)cc1[N+](=O)[O-]. The number of anilines is 1. The lowest BCUT2D eigenvalue weighted by Crippen LogP contribution is -2.39. The van der Waals surface area contributed by atoms with Crippen LogP contribution in [-0.4, -0.2) is 50.7 Å². The minimum atomic E-state index is -4.20. The van der Waals surface area contributed by atoms with Gasteiger partial charge in [-0.25, -0.2) is 8.42 Å². The third-order valence-electron chi connectivity index (χ3n) is 4.90. The maximum atomic E-state index is 12.6. The smallest absolute Gasteiger partial charge is 0.321 e. The molecule has 1 N–H and O–H groups in total. The normalized spacial score (nSPS) is 15.3. The van der Waals surface area contributed by atoms with Crippen LogP contribution in [0.4, 0.5) is 11.4 Å². The average Bonchev–Trinajstić information content (AvgIpc) is 3.11. The summed E-state index contributed by atoms with van der Waals surface area (Å²) >= 11 is 1.11. The predicted molar refractivity (Wildman–Crippen MR) is 118 cm³/mol. The molecule has 0 saturated heterocycles. The molecule has 0 aliphatic carbocycles. The number of hydrogen-bond donors (Lipinski definition) is 1. The van der Waals surface area contributed by atoms with Gasteiger partial charge in [-0.3, -0.25) is 19.7 Å². The Morgan fingerprint density at radius 1 is 1.28 bits per heavy atom. The van der Waals surface area contributed by atoms with Gasteiger partial charge in [-0.2, -0.15) is 4.72 Å². The van der Waals surface area contributed by atoms with Crippen molar-refractivity contribution >= 4 is 45.0 Å². The number of amides is 1. The Hall–Kier alpha value is -2.96. The van der Waals surface area contributed by atoms with Crippen molar-refractivity contribution < 1.29 is 27.7 Å². The Morgan fingerprint density at radius 3 is 2.69 bits per heavy atom. The summed E-state index contributed by atoms with van der Waals surface area (Å²) in [4.78, 5) is 36.5. The first-order valence-electron chi connectivity index (χ1n) is 9.51. The molecule has 2 aromatic rings. The second-order valence-electron chi connectivity index (χ2n) is 7.02. The van der Waals surface area contributed by atoms with E-state index in [4.69, 9.17) is 4.74 Å². The molecule has 10 nitrogen and oxygen atoms in total. The first-order chi connectivity index (χ1) is 15.1. The number of hydrogen-bond acceptors (Lipinski definition) is 8. The number of ether oxygens (including phenoxy) is 1. The summed E-state index contributed by atoms with van der Waals surface area (Å²) in [6, 6.07) is 10.8. The number of nitro benzene ring substituents is 1. The zero-order chi connectivity index (χ0) is 23.5. The van der Waals surface area contributed by atoms with Gasteiger partial charge < -0.3 is 9.64 Å². The molecular formula is C20H21N3O7S2. The molecule has 0 aromatic heterocycles. The fourth-order valence-corrected chi connectivity index (χ4v) is 4.96. The molecule has 3 rings (SSSR count). The van der Waals surface area contributed by atoms with Gasteiger partial charge in [0.2, 0.25) is 10.0 Å². The van der Waals surface area contributed by atoms with E-state index in [-0.39, 0.29) is 16.6 Å². The molecule has 1 amide bonds. The van der Waals surface area contributed by atoms with Crippen LogP contribution >= 0.6 is 11.8 Å². The molecule has 1 heterocycles. The number of nitrogens with one attached hydrogen (secondary N) is 1. The van der Waals surface area contributed by atoms with Gasteiger partial charge in [0.25, 0.3) is 11.6 Å². The molecule has 2 aromatic carbocycles. The Balaban J connectivity index is 1.58. The van der Waals surface area contributed by atoms with Gasteiger partial charge in [-0.05, 0) is 43.4 Å².